The molecule has 7 heteroatoms. The molecule has 7 nitrogen and oxygen atoms in total. The van der Waals surface area contributed by atoms with Crippen molar-refractivity contribution in [3.8, 4) is 11.5 Å². The molecule has 0 spiro atoms. The smallest absolute Gasteiger partial charge is 0.355 e. The first-order valence-corrected chi connectivity index (χ1v) is 6.81. The minimum atomic E-state index is -1.87. The number of hydrogen-bond acceptors (Lipinski definition) is 7. The van der Waals surface area contributed by atoms with Crippen molar-refractivity contribution < 1.29 is 34.0 Å². The summed E-state index contributed by atoms with van der Waals surface area (Å²) in [4.78, 5) is 24.7. The fraction of sp³-hybridized carbons (Fsp3) is 0.250. The van der Waals surface area contributed by atoms with Crippen LogP contribution in [0.5, 0.6) is 11.5 Å². The topological polar surface area (TPSA) is 102 Å². The Labute approximate surface area is 131 Å². The van der Waals surface area contributed by atoms with Crippen LogP contribution in [0.15, 0.2) is 35.6 Å². The van der Waals surface area contributed by atoms with E-state index in [9.17, 15) is 19.8 Å². The van der Waals surface area contributed by atoms with Crippen LogP contribution in [0.4, 0.5) is 0 Å². The minimum absolute atomic E-state index is 0.0418. The molecule has 0 saturated carbocycles. The first-order valence-electron chi connectivity index (χ1n) is 6.81. The van der Waals surface area contributed by atoms with Crippen LogP contribution >= 0.6 is 0 Å². The number of carbonyl (C=O) groups is 2. The number of rotatable bonds is 1. The predicted octanol–water partition coefficient (Wildman–Crippen LogP) is 1.82. The quantitative estimate of drug-likeness (QED) is 0.761. The Kier molecular flexibility index (Phi) is 3.28. The lowest BCUT2D eigenvalue weighted by Gasteiger charge is -2.36. The number of esters is 2. The standard InChI is InChI=1S/C16H14O7/c1-8-6-16(15(20)21-2)12(14(19)22-7-8)13(18)11-9(17)4-3-5-10(11)23-16/h3-5,7,17-18H,6H2,1-2H3. The second kappa shape index (κ2) is 5.05. The first-order chi connectivity index (χ1) is 10.9. The Morgan fingerprint density at radius 2 is 2.09 bits per heavy atom. The molecule has 120 valence electrons. The van der Waals surface area contributed by atoms with Crippen LogP contribution < -0.4 is 4.74 Å². The average molecular weight is 318 g/mol. The van der Waals surface area contributed by atoms with Gasteiger partial charge in [-0.25, -0.2) is 9.59 Å². The number of phenols is 1. The number of cyclic esters (lactones) is 1. The molecule has 2 aliphatic heterocycles. The molecule has 1 aromatic rings. The van der Waals surface area contributed by atoms with Crippen LogP contribution in [0, 0.1) is 0 Å². The molecule has 1 aromatic carbocycles. The van der Waals surface area contributed by atoms with Gasteiger partial charge in [-0.05, 0) is 24.6 Å². The second-order valence-electron chi connectivity index (χ2n) is 5.34. The van der Waals surface area contributed by atoms with Gasteiger partial charge in [-0.15, -0.1) is 0 Å². The number of aliphatic hydroxyl groups is 1. The number of phenolic OH excluding ortho intramolecular Hbond substituents is 1. The van der Waals surface area contributed by atoms with Gasteiger partial charge in [0.1, 0.15) is 28.4 Å². The van der Waals surface area contributed by atoms with Crippen molar-refractivity contribution in [2.75, 3.05) is 7.11 Å². The van der Waals surface area contributed by atoms with E-state index in [0.717, 1.165) is 7.11 Å². The Morgan fingerprint density at radius 3 is 2.78 bits per heavy atom. The van der Waals surface area contributed by atoms with Gasteiger partial charge in [-0.3, -0.25) is 0 Å². The van der Waals surface area contributed by atoms with Gasteiger partial charge in [-0.2, -0.15) is 0 Å². The maximum Gasteiger partial charge on any atom is 0.355 e. The molecule has 0 amide bonds. The molecular weight excluding hydrogens is 304 g/mol. The number of aromatic hydroxyl groups is 1. The van der Waals surface area contributed by atoms with E-state index in [-0.39, 0.29) is 23.5 Å². The molecule has 2 N–H and O–H groups in total. The summed E-state index contributed by atoms with van der Waals surface area (Å²) in [5.74, 6) is -2.58. The molecule has 0 bridgehead atoms. The number of carbonyl (C=O) groups excluding carboxylic acids is 2. The Bertz CT molecular complexity index is 775. The van der Waals surface area contributed by atoms with E-state index in [1.165, 1.54) is 24.5 Å². The largest absolute Gasteiger partial charge is 0.507 e. The van der Waals surface area contributed by atoms with Gasteiger partial charge in [0, 0.05) is 6.42 Å². The van der Waals surface area contributed by atoms with Crippen molar-refractivity contribution >= 4 is 17.7 Å². The van der Waals surface area contributed by atoms with E-state index in [4.69, 9.17) is 14.2 Å². The summed E-state index contributed by atoms with van der Waals surface area (Å²) in [6.07, 6.45) is 1.15. The van der Waals surface area contributed by atoms with Crippen LogP contribution in [0.3, 0.4) is 0 Å². The van der Waals surface area contributed by atoms with Gasteiger partial charge < -0.3 is 24.4 Å². The maximum atomic E-state index is 12.4. The number of benzene rings is 1. The van der Waals surface area contributed by atoms with Crippen LogP contribution in [0.25, 0.3) is 5.76 Å². The molecule has 2 heterocycles. The van der Waals surface area contributed by atoms with Gasteiger partial charge in [0.25, 0.3) is 0 Å². The molecule has 0 radical (unpaired) electrons. The van der Waals surface area contributed by atoms with E-state index < -0.39 is 28.9 Å². The van der Waals surface area contributed by atoms with Gasteiger partial charge in [0.05, 0.1) is 13.4 Å². The van der Waals surface area contributed by atoms with Crippen molar-refractivity contribution in [1.82, 2.24) is 0 Å². The molecule has 0 aliphatic carbocycles. The van der Waals surface area contributed by atoms with Gasteiger partial charge in [-0.1, -0.05) is 6.07 Å². The summed E-state index contributed by atoms with van der Waals surface area (Å²) in [5.41, 5.74) is -1.78. The summed E-state index contributed by atoms with van der Waals surface area (Å²) < 4.78 is 15.5. The highest BCUT2D eigenvalue weighted by Gasteiger charge is 2.56. The van der Waals surface area contributed by atoms with Gasteiger partial charge in [0.15, 0.2) is 0 Å². The van der Waals surface area contributed by atoms with Crippen LogP contribution in [-0.2, 0) is 19.1 Å². The third-order valence-electron chi connectivity index (χ3n) is 3.78. The lowest BCUT2D eigenvalue weighted by molar-refractivity contribution is -0.158. The van der Waals surface area contributed by atoms with E-state index in [1.807, 2.05) is 0 Å². The fourth-order valence-corrected chi connectivity index (χ4v) is 2.81. The molecule has 2 aliphatic rings. The lowest BCUT2D eigenvalue weighted by atomic mass is 9.83. The highest BCUT2D eigenvalue weighted by Crippen LogP contribution is 2.47. The number of methoxy groups -OCH3 is 1. The molecule has 3 rings (SSSR count). The zero-order chi connectivity index (χ0) is 16.8. The Morgan fingerprint density at radius 1 is 1.35 bits per heavy atom. The third kappa shape index (κ3) is 2.04. The zero-order valence-corrected chi connectivity index (χ0v) is 12.5. The van der Waals surface area contributed by atoms with E-state index in [2.05, 4.69) is 0 Å². The average Bonchev–Trinajstić information content (AvgIpc) is 2.64. The fourth-order valence-electron chi connectivity index (χ4n) is 2.81. The van der Waals surface area contributed by atoms with E-state index in [1.54, 1.807) is 6.92 Å². The molecule has 0 saturated heterocycles. The van der Waals surface area contributed by atoms with Crippen molar-refractivity contribution in [2.45, 2.75) is 18.9 Å². The number of fused-ring (bicyclic) bond motifs is 2. The van der Waals surface area contributed by atoms with Crippen LogP contribution in [-0.4, -0.2) is 34.9 Å². The van der Waals surface area contributed by atoms with E-state index in [0.29, 0.717) is 5.57 Å². The number of hydrogen-bond donors (Lipinski definition) is 2. The predicted molar refractivity (Wildman–Crippen MR) is 77.5 cm³/mol. The second-order valence-corrected chi connectivity index (χ2v) is 5.34. The lowest BCUT2D eigenvalue weighted by Crippen LogP contribution is -2.51. The molecular formula is C16H14O7. The molecule has 0 fully saturated rings. The third-order valence-corrected chi connectivity index (χ3v) is 3.78. The molecule has 23 heavy (non-hydrogen) atoms. The van der Waals surface area contributed by atoms with Crippen LogP contribution in [0.1, 0.15) is 18.9 Å². The summed E-state index contributed by atoms with van der Waals surface area (Å²) >= 11 is 0. The van der Waals surface area contributed by atoms with E-state index >= 15 is 0 Å². The highest BCUT2D eigenvalue weighted by molar-refractivity contribution is 6.08. The summed E-state index contributed by atoms with van der Waals surface area (Å²) in [6, 6.07) is 4.30. The number of ether oxygens (including phenoxy) is 3. The van der Waals surface area contributed by atoms with Gasteiger partial charge in [0.2, 0.25) is 5.60 Å². The first kappa shape index (κ1) is 15.0. The normalized spacial score (nSPS) is 22.9. The Hall–Kier alpha value is -2.96. The minimum Gasteiger partial charge on any atom is -0.507 e. The van der Waals surface area contributed by atoms with Crippen molar-refractivity contribution in [3.05, 3.63) is 41.2 Å². The summed E-state index contributed by atoms with van der Waals surface area (Å²) in [5, 5.41) is 20.5. The number of aliphatic hydroxyl groups excluding tert-OH is 1. The molecule has 1 unspecified atom stereocenters. The summed E-state index contributed by atoms with van der Waals surface area (Å²) in [7, 11) is 1.16. The Balaban J connectivity index is 2.34. The van der Waals surface area contributed by atoms with Crippen LogP contribution in [0.2, 0.25) is 0 Å². The highest BCUT2D eigenvalue weighted by atomic mass is 16.6. The van der Waals surface area contributed by atoms with Crippen molar-refractivity contribution in [1.29, 1.82) is 0 Å². The maximum absolute atomic E-state index is 12.4. The van der Waals surface area contributed by atoms with Crippen molar-refractivity contribution in [3.63, 3.8) is 0 Å². The van der Waals surface area contributed by atoms with Gasteiger partial charge >= 0.3 is 11.9 Å². The van der Waals surface area contributed by atoms with Crippen molar-refractivity contribution in [2.24, 2.45) is 0 Å². The zero-order valence-electron chi connectivity index (χ0n) is 12.5. The monoisotopic (exact) mass is 318 g/mol. The molecule has 1 atom stereocenters. The molecule has 0 aromatic heterocycles. The summed E-state index contributed by atoms with van der Waals surface area (Å²) in [6.45, 7) is 1.65. The SMILES string of the molecule is COC(=O)C12CC(C)=COC(=O)C1=C(O)c1c(O)cccc1O2.